The van der Waals surface area contributed by atoms with Gasteiger partial charge in [0.15, 0.2) is 0 Å². The second-order valence-electron chi connectivity index (χ2n) is 5.28. The first-order valence-electron chi connectivity index (χ1n) is 7.37. The van der Waals surface area contributed by atoms with Gasteiger partial charge >= 0.3 is 5.97 Å². The standard InChI is InChI=1S/C15H24N2O5S/c1-4-9-17(12-15(18)19)10-11-22-13-5-7-14(8-6-13)23(20,21)16(2)3/h5-8H,4,9-12H2,1-3H3,(H,18,19). The molecule has 1 rings (SSSR count). The first-order valence-corrected chi connectivity index (χ1v) is 8.81. The van der Waals surface area contributed by atoms with Crippen molar-refractivity contribution in [3.63, 3.8) is 0 Å². The van der Waals surface area contributed by atoms with Crippen LogP contribution >= 0.6 is 0 Å². The van der Waals surface area contributed by atoms with Gasteiger partial charge in [0.2, 0.25) is 10.0 Å². The summed E-state index contributed by atoms with van der Waals surface area (Å²) in [5, 5.41) is 8.84. The molecule has 0 saturated carbocycles. The van der Waals surface area contributed by atoms with Crippen LogP contribution in [-0.2, 0) is 14.8 Å². The third-order valence-corrected chi connectivity index (χ3v) is 5.01. The molecule has 8 heteroatoms. The number of hydrogen-bond acceptors (Lipinski definition) is 5. The zero-order valence-corrected chi connectivity index (χ0v) is 14.5. The van der Waals surface area contributed by atoms with Crippen molar-refractivity contribution in [1.82, 2.24) is 9.21 Å². The summed E-state index contributed by atoms with van der Waals surface area (Å²) in [6, 6.07) is 6.17. The minimum atomic E-state index is -3.44. The van der Waals surface area contributed by atoms with E-state index < -0.39 is 16.0 Å². The van der Waals surface area contributed by atoms with Crippen LogP contribution in [-0.4, -0.2) is 69.0 Å². The third kappa shape index (κ3) is 6.17. The number of ether oxygens (including phenoxy) is 1. The van der Waals surface area contributed by atoms with Crippen molar-refractivity contribution in [1.29, 1.82) is 0 Å². The maximum absolute atomic E-state index is 11.9. The number of carboxylic acids is 1. The summed E-state index contributed by atoms with van der Waals surface area (Å²) in [6.45, 7) is 3.50. The van der Waals surface area contributed by atoms with Crippen molar-refractivity contribution in [2.45, 2.75) is 18.2 Å². The average Bonchev–Trinajstić information content (AvgIpc) is 2.47. The largest absolute Gasteiger partial charge is 0.492 e. The quantitative estimate of drug-likeness (QED) is 0.684. The lowest BCUT2D eigenvalue weighted by Gasteiger charge is -2.19. The summed E-state index contributed by atoms with van der Waals surface area (Å²) in [4.78, 5) is 12.8. The van der Waals surface area contributed by atoms with Crippen molar-refractivity contribution in [2.75, 3.05) is 40.3 Å². The first kappa shape index (κ1) is 19.4. The topological polar surface area (TPSA) is 87.2 Å². The van der Waals surface area contributed by atoms with Gasteiger partial charge in [-0.3, -0.25) is 9.69 Å². The Kier molecular flexibility index (Phi) is 7.47. The fraction of sp³-hybridized carbons (Fsp3) is 0.533. The van der Waals surface area contributed by atoms with E-state index in [-0.39, 0.29) is 11.4 Å². The molecule has 0 aliphatic carbocycles. The molecule has 0 atom stereocenters. The van der Waals surface area contributed by atoms with Crippen molar-refractivity contribution >= 4 is 16.0 Å². The highest BCUT2D eigenvalue weighted by molar-refractivity contribution is 7.89. The van der Waals surface area contributed by atoms with E-state index in [1.165, 1.54) is 26.2 Å². The molecule has 0 radical (unpaired) electrons. The van der Waals surface area contributed by atoms with Crippen LogP contribution in [0, 0.1) is 0 Å². The Balaban J connectivity index is 2.57. The lowest BCUT2D eigenvalue weighted by atomic mass is 10.3. The van der Waals surface area contributed by atoms with Crippen LogP contribution in [0.15, 0.2) is 29.2 Å². The number of carboxylic acid groups (broad SMARTS) is 1. The Labute approximate surface area is 137 Å². The Hall–Kier alpha value is -1.64. The maximum atomic E-state index is 11.9. The maximum Gasteiger partial charge on any atom is 0.317 e. The predicted molar refractivity (Wildman–Crippen MR) is 87.2 cm³/mol. The molecule has 0 unspecified atom stereocenters. The van der Waals surface area contributed by atoms with Crippen LogP contribution in [0.2, 0.25) is 0 Å². The molecule has 1 aromatic rings. The lowest BCUT2D eigenvalue weighted by molar-refractivity contribution is -0.138. The molecule has 0 aliphatic rings. The molecule has 0 heterocycles. The van der Waals surface area contributed by atoms with Gasteiger partial charge in [0.25, 0.3) is 0 Å². The first-order chi connectivity index (χ1) is 10.8. The number of aliphatic carboxylic acids is 1. The molecule has 7 nitrogen and oxygen atoms in total. The van der Waals surface area contributed by atoms with Gasteiger partial charge in [0, 0.05) is 20.6 Å². The Bertz CT molecular complexity index is 599. The normalized spacial score (nSPS) is 11.9. The monoisotopic (exact) mass is 344 g/mol. The molecule has 23 heavy (non-hydrogen) atoms. The second kappa shape index (κ2) is 8.85. The molecule has 1 aromatic carbocycles. The van der Waals surface area contributed by atoms with Crippen molar-refractivity contribution in [3.05, 3.63) is 24.3 Å². The second-order valence-corrected chi connectivity index (χ2v) is 7.43. The minimum absolute atomic E-state index is 0.0167. The van der Waals surface area contributed by atoms with Gasteiger partial charge in [-0.05, 0) is 37.2 Å². The fourth-order valence-corrected chi connectivity index (χ4v) is 2.89. The van der Waals surface area contributed by atoms with Crippen LogP contribution in [0.4, 0.5) is 0 Å². The van der Waals surface area contributed by atoms with Crippen molar-refractivity contribution in [2.24, 2.45) is 0 Å². The SMILES string of the molecule is CCCN(CCOc1ccc(S(=O)(=O)N(C)C)cc1)CC(=O)O. The number of nitrogens with zero attached hydrogens (tertiary/aromatic N) is 2. The van der Waals surface area contributed by atoms with Gasteiger partial charge in [-0.1, -0.05) is 6.92 Å². The summed E-state index contributed by atoms with van der Waals surface area (Å²) in [5.41, 5.74) is 0. The Morgan fingerprint density at radius 2 is 1.78 bits per heavy atom. The lowest BCUT2D eigenvalue weighted by Crippen LogP contribution is -2.34. The third-order valence-electron chi connectivity index (χ3n) is 3.18. The van der Waals surface area contributed by atoms with Crippen molar-refractivity contribution < 1.29 is 23.1 Å². The van der Waals surface area contributed by atoms with Gasteiger partial charge in [0.1, 0.15) is 12.4 Å². The highest BCUT2D eigenvalue weighted by Gasteiger charge is 2.16. The molecular weight excluding hydrogens is 320 g/mol. The number of hydrogen-bond donors (Lipinski definition) is 1. The van der Waals surface area contributed by atoms with Crippen LogP contribution in [0.5, 0.6) is 5.75 Å². The van der Waals surface area contributed by atoms with Crippen molar-refractivity contribution in [3.8, 4) is 5.75 Å². The van der Waals surface area contributed by atoms with E-state index in [1.807, 2.05) is 6.92 Å². The smallest absolute Gasteiger partial charge is 0.317 e. The van der Waals surface area contributed by atoms with Gasteiger partial charge in [-0.15, -0.1) is 0 Å². The molecule has 0 amide bonds. The van der Waals surface area contributed by atoms with Gasteiger partial charge in [-0.2, -0.15) is 0 Å². The van der Waals surface area contributed by atoms with Crippen LogP contribution < -0.4 is 4.74 Å². The van der Waals surface area contributed by atoms with E-state index >= 15 is 0 Å². The van der Waals surface area contributed by atoms with Crippen LogP contribution in [0.25, 0.3) is 0 Å². The number of carbonyl (C=O) groups is 1. The molecule has 130 valence electrons. The summed E-state index contributed by atoms with van der Waals surface area (Å²) in [7, 11) is -0.491. The molecule has 0 aromatic heterocycles. The highest BCUT2D eigenvalue weighted by Crippen LogP contribution is 2.18. The van der Waals surface area contributed by atoms with E-state index in [1.54, 1.807) is 17.0 Å². The van der Waals surface area contributed by atoms with Crippen LogP contribution in [0.1, 0.15) is 13.3 Å². The van der Waals surface area contributed by atoms with Crippen LogP contribution in [0.3, 0.4) is 0 Å². The molecule has 0 saturated heterocycles. The summed E-state index contributed by atoms with van der Waals surface area (Å²) >= 11 is 0. The van der Waals surface area contributed by atoms with E-state index in [9.17, 15) is 13.2 Å². The molecule has 0 aliphatic heterocycles. The average molecular weight is 344 g/mol. The number of sulfonamides is 1. The molecular formula is C15H24N2O5S. The molecule has 0 fully saturated rings. The van der Waals surface area contributed by atoms with Gasteiger partial charge in [-0.25, -0.2) is 12.7 Å². The zero-order valence-electron chi connectivity index (χ0n) is 13.7. The number of benzene rings is 1. The van der Waals surface area contributed by atoms with E-state index in [0.717, 1.165) is 10.7 Å². The molecule has 0 spiro atoms. The number of rotatable bonds is 10. The van der Waals surface area contributed by atoms with E-state index in [4.69, 9.17) is 9.84 Å². The molecule has 1 N–H and O–H groups in total. The summed E-state index contributed by atoms with van der Waals surface area (Å²) in [6.07, 6.45) is 0.865. The fourth-order valence-electron chi connectivity index (χ4n) is 1.99. The summed E-state index contributed by atoms with van der Waals surface area (Å²) in [5.74, 6) is -0.314. The summed E-state index contributed by atoms with van der Waals surface area (Å²) < 4.78 is 30.6. The highest BCUT2D eigenvalue weighted by atomic mass is 32.2. The van der Waals surface area contributed by atoms with E-state index in [2.05, 4.69) is 0 Å². The minimum Gasteiger partial charge on any atom is -0.492 e. The Morgan fingerprint density at radius 1 is 1.17 bits per heavy atom. The van der Waals surface area contributed by atoms with Gasteiger partial charge in [0.05, 0.1) is 11.4 Å². The molecule has 0 bridgehead atoms. The Morgan fingerprint density at radius 3 is 2.26 bits per heavy atom. The predicted octanol–water partition coefficient (Wildman–Crippen LogP) is 1.11. The zero-order chi connectivity index (χ0) is 17.5. The van der Waals surface area contributed by atoms with E-state index in [0.29, 0.717) is 25.4 Å². The van der Waals surface area contributed by atoms with Gasteiger partial charge < -0.3 is 9.84 Å².